The van der Waals surface area contributed by atoms with Crippen LogP contribution in [0, 0.1) is 11.6 Å². The fourth-order valence-electron chi connectivity index (χ4n) is 2.30. The summed E-state index contributed by atoms with van der Waals surface area (Å²) in [5, 5.41) is 3.13. The molecule has 0 aromatic heterocycles. The largest absolute Gasteiger partial charge is 0.326 e. The molecule has 0 atom stereocenters. The molecule has 0 saturated carbocycles. The normalized spacial score (nSPS) is 11.2. The molecular formula is C17H17ClF2N2O3S. The van der Waals surface area contributed by atoms with E-state index in [1.54, 1.807) is 24.3 Å². The third kappa shape index (κ3) is 5.67. The fourth-order valence-corrected chi connectivity index (χ4v) is 3.45. The Hall–Kier alpha value is -2.19. The van der Waals surface area contributed by atoms with Crippen LogP contribution in [0.15, 0.2) is 42.5 Å². The molecule has 2 aromatic rings. The zero-order valence-corrected chi connectivity index (χ0v) is 15.4. The van der Waals surface area contributed by atoms with E-state index in [2.05, 4.69) is 5.32 Å². The lowest BCUT2D eigenvalue weighted by Gasteiger charge is -2.22. The molecule has 0 unspecified atom stereocenters. The second-order valence-electron chi connectivity index (χ2n) is 5.60. The molecule has 2 rings (SSSR count). The van der Waals surface area contributed by atoms with Gasteiger partial charge in [0.2, 0.25) is 15.9 Å². The van der Waals surface area contributed by atoms with Crippen molar-refractivity contribution in [2.75, 3.05) is 22.4 Å². The van der Waals surface area contributed by atoms with Crippen LogP contribution >= 0.6 is 11.6 Å². The van der Waals surface area contributed by atoms with Crippen LogP contribution in [-0.4, -0.2) is 27.1 Å². The van der Waals surface area contributed by atoms with Crippen molar-refractivity contribution in [1.82, 2.24) is 0 Å². The number of nitrogens with zero attached hydrogens (tertiary/aromatic N) is 1. The van der Waals surface area contributed by atoms with Crippen molar-refractivity contribution >= 4 is 38.9 Å². The molecule has 0 saturated heterocycles. The number of carbonyl (C=O) groups excluding carboxylic acids is 1. The van der Waals surface area contributed by atoms with E-state index in [0.717, 1.165) is 22.7 Å². The van der Waals surface area contributed by atoms with Crippen LogP contribution in [0.1, 0.15) is 12.8 Å². The average Bonchev–Trinajstić information content (AvgIpc) is 2.53. The van der Waals surface area contributed by atoms with E-state index >= 15 is 0 Å². The van der Waals surface area contributed by atoms with Gasteiger partial charge in [0.25, 0.3) is 0 Å². The van der Waals surface area contributed by atoms with Crippen LogP contribution in [0.3, 0.4) is 0 Å². The average molecular weight is 403 g/mol. The van der Waals surface area contributed by atoms with Crippen molar-refractivity contribution in [1.29, 1.82) is 0 Å². The zero-order chi connectivity index (χ0) is 19.3. The number of anilines is 2. The van der Waals surface area contributed by atoms with Crippen LogP contribution in [0.5, 0.6) is 0 Å². The molecule has 0 aliphatic carbocycles. The molecule has 0 bridgehead atoms. The van der Waals surface area contributed by atoms with E-state index in [1.165, 1.54) is 6.07 Å². The van der Waals surface area contributed by atoms with Crippen molar-refractivity contribution in [3.63, 3.8) is 0 Å². The number of sulfonamides is 1. The highest BCUT2D eigenvalue weighted by Gasteiger charge is 2.19. The van der Waals surface area contributed by atoms with Crippen molar-refractivity contribution in [2.45, 2.75) is 12.8 Å². The summed E-state index contributed by atoms with van der Waals surface area (Å²) in [7, 11) is -3.71. The highest BCUT2D eigenvalue weighted by atomic mass is 35.5. The van der Waals surface area contributed by atoms with Crippen LogP contribution in [0.4, 0.5) is 20.2 Å². The summed E-state index contributed by atoms with van der Waals surface area (Å²) < 4.78 is 51.2. The number of carbonyl (C=O) groups is 1. The zero-order valence-electron chi connectivity index (χ0n) is 13.9. The van der Waals surface area contributed by atoms with Gasteiger partial charge in [0.1, 0.15) is 0 Å². The number of halogens is 3. The highest BCUT2D eigenvalue weighted by molar-refractivity contribution is 7.92. The standard InChI is InChI=1S/C17H17ClF2N2O3S/c1-26(24,25)22(14-7-8-15(19)16(20)11-14)9-3-6-17(23)21-13-5-2-4-12(18)10-13/h2,4-5,7-8,10-11H,3,6,9H2,1H3,(H,21,23). The van der Waals surface area contributed by atoms with Gasteiger partial charge < -0.3 is 5.32 Å². The topological polar surface area (TPSA) is 66.5 Å². The molecule has 1 N–H and O–H groups in total. The Balaban J connectivity index is 1.99. The molecule has 0 aliphatic heterocycles. The number of amides is 1. The molecule has 9 heteroatoms. The quantitative estimate of drug-likeness (QED) is 0.766. The van der Waals surface area contributed by atoms with Crippen molar-refractivity contribution in [3.8, 4) is 0 Å². The van der Waals surface area contributed by atoms with E-state index in [-0.39, 0.29) is 31.0 Å². The van der Waals surface area contributed by atoms with Crippen LogP contribution in [0.25, 0.3) is 0 Å². The third-order valence-electron chi connectivity index (χ3n) is 3.46. The van der Waals surface area contributed by atoms with Crippen molar-refractivity contribution in [3.05, 3.63) is 59.1 Å². The van der Waals surface area contributed by atoms with Crippen molar-refractivity contribution < 1.29 is 22.0 Å². The van der Waals surface area contributed by atoms with Gasteiger partial charge in [-0.25, -0.2) is 17.2 Å². The highest BCUT2D eigenvalue weighted by Crippen LogP contribution is 2.21. The lowest BCUT2D eigenvalue weighted by molar-refractivity contribution is -0.116. The third-order valence-corrected chi connectivity index (χ3v) is 4.89. The Bertz CT molecular complexity index is 907. The van der Waals surface area contributed by atoms with E-state index in [1.807, 2.05) is 0 Å². The summed E-state index contributed by atoms with van der Waals surface area (Å²) in [5.74, 6) is -2.52. The summed E-state index contributed by atoms with van der Waals surface area (Å²) in [6, 6.07) is 9.45. The molecule has 0 heterocycles. The number of nitrogens with one attached hydrogen (secondary N) is 1. The van der Waals surface area contributed by atoms with E-state index in [4.69, 9.17) is 11.6 Å². The molecule has 0 radical (unpaired) electrons. The molecule has 5 nitrogen and oxygen atoms in total. The van der Waals surface area contributed by atoms with E-state index in [0.29, 0.717) is 10.7 Å². The van der Waals surface area contributed by atoms with Gasteiger partial charge in [0, 0.05) is 29.7 Å². The smallest absolute Gasteiger partial charge is 0.232 e. The number of rotatable bonds is 7. The maximum Gasteiger partial charge on any atom is 0.232 e. The Morgan fingerprint density at radius 2 is 1.88 bits per heavy atom. The summed E-state index contributed by atoms with van der Waals surface area (Å²) in [6.07, 6.45) is 1.20. The predicted octanol–water partition coefficient (Wildman–Crippen LogP) is 3.80. The Kier molecular flexibility index (Phi) is 6.55. The number of benzene rings is 2. The second kappa shape index (κ2) is 8.46. The Morgan fingerprint density at radius 1 is 1.15 bits per heavy atom. The van der Waals surface area contributed by atoms with Gasteiger partial charge in [-0.2, -0.15) is 0 Å². The first-order valence-electron chi connectivity index (χ1n) is 7.65. The maximum atomic E-state index is 13.4. The minimum atomic E-state index is -3.71. The molecule has 0 aliphatic rings. The van der Waals surface area contributed by atoms with Gasteiger partial charge in [0.15, 0.2) is 11.6 Å². The first-order chi connectivity index (χ1) is 12.2. The second-order valence-corrected chi connectivity index (χ2v) is 7.94. The monoisotopic (exact) mass is 402 g/mol. The maximum absolute atomic E-state index is 13.4. The molecule has 0 fully saturated rings. The lowest BCUT2D eigenvalue weighted by Crippen LogP contribution is -2.31. The summed E-state index contributed by atoms with van der Waals surface area (Å²) in [6.45, 7) is -0.0487. The van der Waals surface area contributed by atoms with Gasteiger partial charge in [-0.05, 0) is 36.8 Å². The molecule has 26 heavy (non-hydrogen) atoms. The van der Waals surface area contributed by atoms with E-state index in [9.17, 15) is 22.0 Å². The first-order valence-corrected chi connectivity index (χ1v) is 9.87. The van der Waals surface area contributed by atoms with E-state index < -0.39 is 21.7 Å². The van der Waals surface area contributed by atoms with Gasteiger partial charge in [-0.3, -0.25) is 9.10 Å². The van der Waals surface area contributed by atoms with Gasteiger partial charge in [-0.15, -0.1) is 0 Å². The summed E-state index contributed by atoms with van der Waals surface area (Å²) in [5.41, 5.74) is 0.532. The van der Waals surface area contributed by atoms with Gasteiger partial charge >= 0.3 is 0 Å². The number of hydrogen-bond acceptors (Lipinski definition) is 3. The molecule has 1 amide bonds. The van der Waals surface area contributed by atoms with Crippen LogP contribution in [0.2, 0.25) is 5.02 Å². The van der Waals surface area contributed by atoms with Crippen LogP contribution in [-0.2, 0) is 14.8 Å². The lowest BCUT2D eigenvalue weighted by atomic mass is 10.2. The fraction of sp³-hybridized carbons (Fsp3) is 0.235. The Morgan fingerprint density at radius 3 is 2.50 bits per heavy atom. The minimum absolute atomic E-state index is 0.00153. The molecular weight excluding hydrogens is 386 g/mol. The first kappa shape index (κ1) is 20.1. The summed E-state index contributed by atoms with van der Waals surface area (Å²) in [4.78, 5) is 12.0. The number of hydrogen-bond donors (Lipinski definition) is 1. The van der Waals surface area contributed by atoms with Crippen molar-refractivity contribution in [2.24, 2.45) is 0 Å². The molecule has 0 spiro atoms. The van der Waals surface area contributed by atoms with Gasteiger partial charge in [0.05, 0.1) is 11.9 Å². The Labute approximate surface area is 155 Å². The van der Waals surface area contributed by atoms with Crippen LogP contribution < -0.4 is 9.62 Å². The predicted molar refractivity (Wildman–Crippen MR) is 97.9 cm³/mol. The molecule has 2 aromatic carbocycles. The summed E-state index contributed by atoms with van der Waals surface area (Å²) >= 11 is 5.83. The minimum Gasteiger partial charge on any atom is -0.326 e. The van der Waals surface area contributed by atoms with Gasteiger partial charge in [-0.1, -0.05) is 17.7 Å². The molecule has 140 valence electrons. The SMILES string of the molecule is CS(=O)(=O)N(CCCC(=O)Nc1cccc(Cl)c1)c1ccc(F)c(F)c1.